The summed E-state index contributed by atoms with van der Waals surface area (Å²) in [6.07, 6.45) is -6.99. The number of β-amino-alcohol motifs (C(OH)–C–C–N with tert-alkyl or cyclic N) is 1. The molecule has 1 aromatic rings. The molecular weight excluding hydrogens is 467 g/mol. The Balaban J connectivity index is 1.71. The van der Waals surface area contributed by atoms with Gasteiger partial charge in [0.25, 0.3) is 6.79 Å². The van der Waals surface area contributed by atoms with Crippen molar-refractivity contribution >= 4 is 28.0 Å². The summed E-state index contributed by atoms with van der Waals surface area (Å²) in [5, 5.41) is 24.6. The lowest BCUT2D eigenvalue weighted by Crippen LogP contribution is -2.53. The first kappa shape index (κ1) is 21.2. The van der Waals surface area contributed by atoms with Crippen LogP contribution >= 0.6 is 15.9 Å². The molecular formula is C16H15BrF3N3O6. The Kier molecular flexibility index (Phi) is 5.89. The zero-order chi connectivity index (χ0) is 21.3. The van der Waals surface area contributed by atoms with E-state index in [-0.39, 0.29) is 29.4 Å². The number of carbonyl (C=O) groups is 1. The third-order valence-electron chi connectivity index (χ3n) is 4.09. The third-order valence-corrected chi connectivity index (χ3v) is 4.54. The number of hydrogen-bond acceptors (Lipinski definition) is 7. The SMILES string of the molecule is Cc1cc(Br)cc2c1O[C@H](C(F)(F)F)C(C(=O)OCO/N=[N+](\[O-])N1CC(O)C1)=C2. The molecule has 0 saturated carbocycles. The van der Waals surface area contributed by atoms with Crippen LogP contribution in [0.1, 0.15) is 11.1 Å². The van der Waals surface area contributed by atoms with Gasteiger partial charge in [0.2, 0.25) is 11.4 Å². The largest absolute Gasteiger partial charge is 0.569 e. The van der Waals surface area contributed by atoms with Crippen LogP contribution in [0.2, 0.25) is 0 Å². The first-order chi connectivity index (χ1) is 13.6. The Hall–Kier alpha value is -2.54. The van der Waals surface area contributed by atoms with Gasteiger partial charge >= 0.3 is 12.1 Å². The molecule has 1 fully saturated rings. The molecule has 0 amide bonds. The molecule has 0 aliphatic carbocycles. The van der Waals surface area contributed by atoms with Crippen LogP contribution in [0.15, 0.2) is 27.5 Å². The number of hydrazine groups is 1. The van der Waals surface area contributed by atoms with Crippen LogP contribution in [0.4, 0.5) is 13.2 Å². The van der Waals surface area contributed by atoms with Gasteiger partial charge in [0.15, 0.2) is 0 Å². The number of ether oxygens (including phenoxy) is 2. The summed E-state index contributed by atoms with van der Waals surface area (Å²) in [5.41, 5.74) is -0.0333. The van der Waals surface area contributed by atoms with Crippen molar-refractivity contribution in [3.63, 3.8) is 0 Å². The highest BCUT2D eigenvalue weighted by Crippen LogP contribution is 2.40. The van der Waals surface area contributed by atoms with Gasteiger partial charge in [-0.15, -0.1) is 5.01 Å². The summed E-state index contributed by atoms with van der Waals surface area (Å²) in [6, 6.07) is 3.09. The molecule has 158 valence electrons. The van der Waals surface area contributed by atoms with E-state index in [4.69, 9.17) is 9.84 Å². The van der Waals surface area contributed by atoms with Gasteiger partial charge in [0, 0.05) is 10.0 Å². The van der Waals surface area contributed by atoms with E-state index >= 15 is 0 Å². The molecule has 1 N–H and O–H groups in total. The number of benzene rings is 1. The Morgan fingerprint density at radius 1 is 1.48 bits per heavy atom. The molecule has 1 aromatic carbocycles. The lowest BCUT2D eigenvalue weighted by molar-refractivity contribution is -0.727. The van der Waals surface area contributed by atoms with Gasteiger partial charge in [0.05, 0.1) is 10.5 Å². The monoisotopic (exact) mass is 481 g/mol. The quantitative estimate of drug-likeness (QED) is 0.172. The summed E-state index contributed by atoms with van der Waals surface area (Å²) in [4.78, 5) is 16.7. The molecule has 0 spiro atoms. The topological polar surface area (TPSA) is 107 Å². The highest BCUT2D eigenvalue weighted by Gasteiger charge is 2.49. The molecule has 2 aliphatic heterocycles. The van der Waals surface area contributed by atoms with E-state index in [9.17, 15) is 23.2 Å². The number of alkyl halides is 3. The minimum absolute atomic E-state index is 0.0112. The number of halogens is 4. The molecule has 0 bridgehead atoms. The van der Waals surface area contributed by atoms with Gasteiger partial charge in [-0.2, -0.15) is 13.2 Å². The number of nitrogens with zero attached hydrogens (tertiary/aromatic N) is 3. The van der Waals surface area contributed by atoms with Crippen molar-refractivity contribution in [2.24, 2.45) is 5.28 Å². The Bertz CT molecular complexity index is 870. The fourth-order valence-corrected chi connectivity index (χ4v) is 3.31. The van der Waals surface area contributed by atoms with Gasteiger partial charge in [-0.3, -0.25) is 0 Å². The third kappa shape index (κ3) is 4.72. The number of aliphatic hydroxyl groups excluding tert-OH is 1. The van der Waals surface area contributed by atoms with Crippen molar-refractivity contribution in [3.05, 3.63) is 38.5 Å². The van der Waals surface area contributed by atoms with E-state index in [0.29, 0.717) is 10.0 Å². The van der Waals surface area contributed by atoms with Gasteiger partial charge in [-0.25, -0.2) is 4.79 Å². The maximum atomic E-state index is 13.4. The molecule has 2 aliphatic rings. The lowest BCUT2D eigenvalue weighted by Gasteiger charge is -2.30. The van der Waals surface area contributed by atoms with E-state index in [2.05, 4.69) is 30.8 Å². The van der Waals surface area contributed by atoms with Gasteiger partial charge < -0.3 is 24.6 Å². The van der Waals surface area contributed by atoms with Crippen LogP contribution in [0.5, 0.6) is 5.75 Å². The molecule has 13 heteroatoms. The molecule has 9 nitrogen and oxygen atoms in total. The van der Waals surface area contributed by atoms with Crippen LogP contribution < -0.4 is 4.74 Å². The normalized spacial score (nSPS) is 19.7. The molecule has 2 heterocycles. The van der Waals surface area contributed by atoms with Crippen LogP contribution in [0.3, 0.4) is 0 Å². The minimum atomic E-state index is -4.86. The first-order valence-electron chi connectivity index (χ1n) is 8.21. The molecule has 0 unspecified atom stereocenters. The highest BCUT2D eigenvalue weighted by atomic mass is 79.9. The molecule has 1 atom stereocenters. The van der Waals surface area contributed by atoms with E-state index < -0.39 is 36.7 Å². The Morgan fingerprint density at radius 3 is 2.79 bits per heavy atom. The van der Waals surface area contributed by atoms with E-state index in [1.54, 1.807) is 13.0 Å². The van der Waals surface area contributed by atoms with Crippen molar-refractivity contribution in [1.29, 1.82) is 0 Å². The number of fused-ring (bicyclic) bond motifs is 1. The zero-order valence-corrected chi connectivity index (χ0v) is 16.4. The number of esters is 1. The Labute approximate surface area is 170 Å². The molecule has 29 heavy (non-hydrogen) atoms. The maximum Gasteiger partial charge on any atom is 0.430 e. The summed E-state index contributed by atoms with van der Waals surface area (Å²) < 4.78 is 50.5. The predicted molar refractivity (Wildman–Crippen MR) is 93.0 cm³/mol. The standard InChI is InChI=1S/C16H15BrF3N3O6/c1-8-2-10(17)3-9-4-12(14(16(18,19)20)29-13(8)9)15(25)27-7-28-21-23(26)22-5-11(24)6-22/h2-4,11,14,24H,5-7H2,1H3/b23-21-/t14-/m0/s1. The van der Waals surface area contributed by atoms with Crippen molar-refractivity contribution in [2.45, 2.75) is 25.3 Å². The number of rotatable bonds is 5. The second-order valence-corrected chi connectivity index (χ2v) is 7.23. The average molecular weight is 482 g/mol. The van der Waals surface area contributed by atoms with Crippen molar-refractivity contribution in [1.82, 2.24) is 5.01 Å². The summed E-state index contributed by atoms with van der Waals surface area (Å²) in [5.74, 6) is -1.32. The fourth-order valence-electron chi connectivity index (χ4n) is 2.72. The van der Waals surface area contributed by atoms with Crippen molar-refractivity contribution < 1.29 is 42.4 Å². The van der Waals surface area contributed by atoms with Crippen molar-refractivity contribution in [2.75, 3.05) is 19.9 Å². The van der Waals surface area contributed by atoms with Crippen LogP contribution in [-0.4, -0.2) is 59.3 Å². The number of aliphatic hydroxyl groups is 1. The molecule has 0 aromatic heterocycles. The molecule has 0 radical (unpaired) electrons. The van der Waals surface area contributed by atoms with E-state index in [1.807, 2.05) is 0 Å². The van der Waals surface area contributed by atoms with Crippen LogP contribution in [0, 0.1) is 12.1 Å². The Morgan fingerprint density at radius 2 is 2.17 bits per heavy atom. The summed E-state index contributed by atoms with van der Waals surface area (Å²) >= 11 is 3.23. The number of hydrogen-bond donors (Lipinski definition) is 1. The van der Waals surface area contributed by atoms with Crippen LogP contribution in [0.25, 0.3) is 6.08 Å². The summed E-state index contributed by atoms with van der Waals surface area (Å²) in [7, 11) is 0. The first-order valence-corrected chi connectivity index (χ1v) is 9.01. The number of aryl methyl sites for hydroxylation is 1. The smallest absolute Gasteiger partial charge is 0.430 e. The average Bonchev–Trinajstić information content (AvgIpc) is 2.60. The molecule has 3 rings (SSSR count). The fraction of sp³-hybridized carbons (Fsp3) is 0.438. The van der Waals surface area contributed by atoms with Gasteiger partial charge in [-0.1, -0.05) is 15.9 Å². The van der Waals surface area contributed by atoms with Gasteiger partial charge in [0.1, 0.15) is 24.9 Å². The second-order valence-electron chi connectivity index (χ2n) is 6.32. The zero-order valence-electron chi connectivity index (χ0n) is 14.9. The maximum absolute atomic E-state index is 13.4. The molecule has 1 saturated heterocycles. The van der Waals surface area contributed by atoms with E-state index in [0.717, 1.165) is 11.1 Å². The number of carbonyl (C=O) groups excluding carboxylic acids is 1. The van der Waals surface area contributed by atoms with Crippen LogP contribution in [-0.2, 0) is 14.4 Å². The van der Waals surface area contributed by atoms with Gasteiger partial charge in [-0.05, 0) is 30.7 Å². The van der Waals surface area contributed by atoms with Crippen molar-refractivity contribution in [3.8, 4) is 5.75 Å². The highest BCUT2D eigenvalue weighted by molar-refractivity contribution is 9.10. The predicted octanol–water partition coefficient (Wildman–Crippen LogP) is 2.45. The van der Waals surface area contributed by atoms with E-state index in [1.165, 1.54) is 6.07 Å². The second kappa shape index (κ2) is 8.06. The lowest BCUT2D eigenvalue weighted by atomic mass is 9.99. The summed E-state index contributed by atoms with van der Waals surface area (Å²) in [6.45, 7) is 0.805. The minimum Gasteiger partial charge on any atom is -0.569 e.